The van der Waals surface area contributed by atoms with E-state index in [-0.39, 0.29) is 5.60 Å². The number of rotatable bonds is 6. The predicted octanol–water partition coefficient (Wildman–Crippen LogP) is 2.20. The molecule has 2 fully saturated rings. The lowest BCUT2D eigenvalue weighted by Crippen LogP contribution is -2.66. The first-order chi connectivity index (χ1) is 11.0. The van der Waals surface area contributed by atoms with E-state index in [1.54, 1.807) is 16.4 Å². The highest BCUT2D eigenvalue weighted by Gasteiger charge is 2.56. The lowest BCUT2D eigenvalue weighted by molar-refractivity contribution is -0.105. The largest absolute Gasteiger partial charge is 0.382 e. The topological polar surface area (TPSA) is 55.8 Å². The number of ether oxygens (including phenoxy) is 2. The van der Waals surface area contributed by atoms with Crippen molar-refractivity contribution < 1.29 is 17.9 Å². The Kier molecular flexibility index (Phi) is 4.78. The van der Waals surface area contributed by atoms with Crippen LogP contribution in [0.25, 0.3) is 0 Å². The Morgan fingerprint density at radius 2 is 2.09 bits per heavy atom. The van der Waals surface area contributed by atoms with Gasteiger partial charge >= 0.3 is 0 Å². The molecule has 0 saturated carbocycles. The molecule has 1 spiro atoms. The highest BCUT2D eigenvalue weighted by Crippen LogP contribution is 2.43. The van der Waals surface area contributed by atoms with E-state index in [4.69, 9.17) is 9.47 Å². The van der Waals surface area contributed by atoms with E-state index >= 15 is 0 Å². The van der Waals surface area contributed by atoms with Gasteiger partial charge in [0.15, 0.2) is 0 Å². The second-order valence-electron chi connectivity index (χ2n) is 6.42. The molecule has 2 aliphatic heterocycles. The number of benzene rings is 1. The summed E-state index contributed by atoms with van der Waals surface area (Å²) in [5, 5.41) is 0. The minimum Gasteiger partial charge on any atom is -0.382 e. The average Bonchev–Trinajstić information content (AvgIpc) is 2.90. The highest BCUT2D eigenvalue weighted by molar-refractivity contribution is 7.89. The molecule has 6 heteroatoms. The maximum atomic E-state index is 12.8. The van der Waals surface area contributed by atoms with Crippen LogP contribution in [0.1, 0.15) is 25.3 Å². The first-order valence-electron chi connectivity index (χ1n) is 8.27. The van der Waals surface area contributed by atoms with Crippen molar-refractivity contribution in [2.45, 2.75) is 37.2 Å². The Morgan fingerprint density at radius 1 is 1.35 bits per heavy atom. The Labute approximate surface area is 138 Å². The van der Waals surface area contributed by atoms with E-state index in [2.05, 4.69) is 0 Å². The number of sulfonamides is 1. The van der Waals surface area contributed by atoms with Gasteiger partial charge in [-0.1, -0.05) is 18.2 Å². The summed E-state index contributed by atoms with van der Waals surface area (Å²) in [7, 11) is -3.42. The minimum absolute atomic E-state index is 0.299. The molecule has 128 valence electrons. The summed E-state index contributed by atoms with van der Waals surface area (Å²) in [6, 6.07) is 7.14. The lowest BCUT2D eigenvalue weighted by Gasteiger charge is -2.49. The van der Waals surface area contributed by atoms with Crippen molar-refractivity contribution in [3.05, 3.63) is 29.8 Å². The molecule has 5 nitrogen and oxygen atoms in total. The monoisotopic (exact) mass is 339 g/mol. The summed E-state index contributed by atoms with van der Waals surface area (Å²) in [5.74, 6) is 0.386. The van der Waals surface area contributed by atoms with Gasteiger partial charge < -0.3 is 9.47 Å². The molecule has 1 aromatic carbocycles. The van der Waals surface area contributed by atoms with Crippen LogP contribution in [0.3, 0.4) is 0 Å². The zero-order valence-electron chi connectivity index (χ0n) is 13.8. The van der Waals surface area contributed by atoms with Crippen LogP contribution in [-0.2, 0) is 19.5 Å². The summed E-state index contributed by atoms with van der Waals surface area (Å²) in [5.41, 5.74) is 0.487. The first-order valence-corrected chi connectivity index (χ1v) is 9.71. The zero-order chi connectivity index (χ0) is 16.5. The summed E-state index contributed by atoms with van der Waals surface area (Å²) in [6.07, 6.45) is 1.93. The van der Waals surface area contributed by atoms with Crippen molar-refractivity contribution in [1.82, 2.24) is 4.31 Å². The van der Waals surface area contributed by atoms with Crippen LogP contribution >= 0.6 is 0 Å². The number of aryl methyl sites for hydroxylation is 1. The van der Waals surface area contributed by atoms with E-state index in [1.807, 2.05) is 26.0 Å². The molecule has 3 rings (SSSR count). The average molecular weight is 339 g/mol. The molecule has 1 unspecified atom stereocenters. The molecule has 23 heavy (non-hydrogen) atoms. The van der Waals surface area contributed by atoms with Gasteiger partial charge in [-0.15, -0.1) is 0 Å². The molecule has 0 amide bonds. The van der Waals surface area contributed by atoms with Crippen molar-refractivity contribution in [2.24, 2.45) is 5.92 Å². The molecule has 0 N–H and O–H groups in total. The van der Waals surface area contributed by atoms with E-state index in [9.17, 15) is 8.42 Å². The number of hydrogen-bond donors (Lipinski definition) is 0. The molecule has 0 aromatic heterocycles. The molecule has 0 radical (unpaired) electrons. The Balaban J connectivity index is 1.69. The third kappa shape index (κ3) is 3.05. The standard InChI is InChI=1S/C17H25NO4S/c1-3-21-10-8-15-9-11-22-17(15)12-18(13-17)23(19,20)16-7-5-4-6-14(16)2/h4-7,15H,3,8-13H2,1-2H3. The van der Waals surface area contributed by atoms with Gasteiger partial charge in [-0.25, -0.2) is 8.42 Å². The second kappa shape index (κ2) is 6.51. The fourth-order valence-electron chi connectivity index (χ4n) is 3.62. The van der Waals surface area contributed by atoms with Crippen LogP contribution in [0, 0.1) is 12.8 Å². The van der Waals surface area contributed by atoms with Gasteiger partial charge in [0.2, 0.25) is 10.0 Å². The molecule has 0 aliphatic carbocycles. The van der Waals surface area contributed by atoms with Gasteiger partial charge in [-0.2, -0.15) is 4.31 Å². The molecule has 2 heterocycles. The van der Waals surface area contributed by atoms with Crippen LogP contribution in [-0.4, -0.2) is 51.2 Å². The summed E-state index contributed by atoms with van der Waals surface area (Å²) in [6.45, 7) is 6.89. The first kappa shape index (κ1) is 16.9. The summed E-state index contributed by atoms with van der Waals surface area (Å²) >= 11 is 0. The van der Waals surface area contributed by atoms with Crippen molar-refractivity contribution in [2.75, 3.05) is 32.9 Å². The van der Waals surface area contributed by atoms with Crippen LogP contribution < -0.4 is 0 Å². The van der Waals surface area contributed by atoms with Gasteiger partial charge in [-0.05, 0) is 44.2 Å². The SMILES string of the molecule is CCOCCC1CCOC12CN(S(=O)(=O)c1ccccc1C)C2. The number of nitrogens with zero attached hydrogens (tertiary/aromatic N) is 1. The van der Waals surface area contributed by atoms with Crippen molar-refractivity contribution in [3.63, 3.8) is 0 Å². The molecule has 1 aromatic rings. The minimum atomic E-state index is -3.42. The molecule has 0 bridgehead atoms. The van der Waals surface area contributed by atoms with Gasteiger partial charge in [0, 0.05) is 32.9 Å². The van der Waals surface area contributed by atoms with E-state index in [0.717, 1.165) is 31.6 Å². The smallest absolute Gasteiger partial charge is 0.243 e. The van der Waals surface area contributed by atoms with Crippen molar-refractivity contribution >= 4 is 10.0 Å². The lowest BCUT2D eigenvalue weighted by atomic mass is 9.80. The predicted molar refractivity (Wildman–Crippen MR) is 87.8 cm³/mol. The maximum Gasteiger partial charge on any atom is 0.243 e. The highest BCUT2D eigenvalue weighted by atomic mass is 32.2. The molecule has 2 aliphatic rings. The number of hydrogen-bond acceptors (Lipinski definition) is 4. The third-order valence-electron chi connectivity index (χ3n) is 5.01. The van der Waals surface area contributed by atoms with Crippen LogP contribution in [0.5, 0.6) is 0 Å². The maximum absolute atomic E-state index is 12.8. The normalized spacial score (nSPS) is 24.0. The quantitative estimate of drug-likeness (QED) is 0.746. The van der Waals surface area contributed by atoms with Crippen molar-refractivity contribution in [3.8, 4) is 0 Å². The fraction of sp³-hybridized carbons (Fsp3) is 0.647. The zero-order valence-corrected chi connectivity index (χ0v) is 14.6. The fourth-order valence-corrected chi connectivity index (χ4v) is 5.40. The van der Waals surface area contributed by atoms with Crippen molar-refractivity contribution in [1.29, 1.82) is 0 Å². The second-order valence-corrected chi connectivity index (χ2v) is 8.33. The van der Waals surface area contributed by atoms with Gasteiger partial charge in [0.05, 0.1) is 10.5 Å². The van der Waals surface area contributed by atoms with Gasteiger partial charge in [0.25, 0.3) is 0 Å². The van der Waals surface area contributed by atoms with E-state index < -0.39 is 10.0 Å². The van der Waals surface area contributed by atoms with Crippen LogP contribution in [0.4, 0.5) is 0 Å². The van der Waals surface area contributed by atoms with Crippen LogP contribution in [0.2, 0.25) is 0 Å². The Hall–Kier alpha value is -0.950. The molecular formula is C17H25NO4S. The molecule has 2 saturated heterocycles. The van der Waals surface area contributed by atoms with E-state index in [1.165, 1.54) is 0 Å². The Morgan fingerprint density at radius 3 is 2.78 bits per heavy atom. The Bertz CT molecular complexity index is 652. The summed E-state index contributed by atoms with van der Waals surface area (Å²) in [4.78, 5) is 0.402. The molecule has 1 atom stereocenters. The van der Waals surface area contributed by atoms with Gasteiger partial charge in [0.1, 0.15) is 0 Å². The van der Waals surface area contributed by atoms with Gasteiger partial charge in [-0.3, -0.25) is 0 Å². The van der Waals surface area contributed by atoms with E-state index in [0.29, 0.717) is 30.5 Å². The van der Waals surface area contributed by atoms with Crippen LogP contribution in [0.15, 0.2) is 29.2 Å². The molecular weight excluding hydrogens is 314 g/mol. The summed E-state index contributed by atoms with van der Waals surface area (Å²) < 4.78 is 38.5. The third-order valence-corrected chi connectivity index (χ3v) is 6.97.